The third kappa shape index (κ3) is 2.65. The summed E-state index contributed by atoms with van der Waals surface area (Å²) in [5, 5.41) is 10.9. The van der Waals surface area contributed by atoms with Gasteiger partial charge in [0.1, 0.15) is 0 Å². The Kier molecular flexibility index (Phi) is 4.16. The Morgan fingerprint density at radius 3 is 2.60 bits per heavy atom. The topological polar surface area (TPSA) is 20.2 Å². The molecule has 2 aliphatic carbocycles. The van der Waals surface area contributed by atoms with Crippen molar-refractivity contribution in [2.45, 2.75) is 58.5 Å². The van der Waals surface area contributed by atoms with E-state index < -0.39 is 0 Å². The lowest BCUT2D eigenvalue weighted by Crippen LogP contribution is -2.29. The molecular weight excluding hydrogens is 244 g/mol. The van der Waals surface area contributed by atoms with Crippen LogP contribution in [0.1, 0.15) is 63.2 Å². The normalized spacial score (nSPS) is 38.0. The zero-order valence-electron chi connectivity index (χ0n) is 12.9. The first kappa shape index (κ1) is 14.1. The van der Waals surface area contributed by atoms with E-state index in [-0.39, 0.29) is 6.10 Å². The standard InChI is InChI=1S/C19H28O/c1-13-10-11-16(12-14(13)2)18-9-5-7-15-6-3-4-8-17(15)19(18)20/h3-4,6,8,13-14,16,18-20H,5,7,9-12H2,1-2H3. The molecule has 110 valence electrons. The number of fused-ring (bicyclic) bond motifs is 1. The maximum absolute atomic E-state index is 10.9. The number of rotatable bonds is 1. The van der Waals surface area contributed by atoms with Crippen molar-refractivity contribution in [1.82, 2.24) is 0 Å². The number of hydrogen-bond donors (Lipinski definition) is 1. The summed E-state index contributed by atoms with van der Waals surface area (Å²) in [6, 6.07) is 8.53. The highest BCUT2D eigenvalue weighted by atomic mass is 16.3. The molecule has 0 bridgehead atoms. The van der Waals surface area contributed by atoms with Crippen molar-refractivity contribution in [3.8, 4) is 0 Å². The van der Waals surface area contributed by atoms with Crippen molar-refractivity contribution in [1.29, 1.82) is 0 Å². The highest BCUT2D eigenvalue weighted by molar-refractivity contribution is 5.30. The highest BCUT2D eigenvalue weighted by Crippen LogP contribution is 2.45. The molecule has 1 nitrogen and oxygen atoms in total. The minimum Gasteiger partial charge on any atom is -0.388 e. The van der Waals surface area contributed by atoms with Gasteiger partial charge in [0.15, 0.2) is 0 Å². The summed E-state index contributed by atoms with van der Waals surface area (Å²) < 4.78 is 0. The molecule has 20 heavy (non-hydrogen) atoms. The average molecular weight is 272 g/mol. The molecule has 0 amide bonds. The van der Waals surface area contributed by atoms with Gasteiger partial charge < -0.3 is 5.11 Å². The van der Waals surface area contributed by atoms with Crippen molar-refractivity contribution < 1.29 is 5.11 Å². The van der Waals surface area contributed by atoms with E-state index in [1.54, 1.807) is 0 Å². The quantitative estimate of drug-likeness (QED) is 0.732. The molecule has 5 unspecified atom stereocenters. The molecule has 0 radical (unpaired) electrons. The van der Waals surface area contributed by atoms with Crippen LogP contribution in [0.3, 0.4) is 0 Å². The molecule has 0 saturated heterocycles. The maximum atomic E-state index is 10.9. The van der Waals surface area contributed by atoms with E-state index in [9.17, 15) is 5.11 Å². The fourth-order valence-electron chi connectivity index (χ4n) is 4.44. The zero-order chi connectivity index (χ0) is 14.1. The van der Waals surface area contributed by atoms with E-state index in [2.05, 4.69) is 38.1 Å². The van der Waals surface area contributed by atoms with Gasteiger partial charge in [0.05, 0.1) is 6.10 Å². The van der Waals surface area contributed by atoms with Gasteiger partial charge in [-0.15, -0.1) is 0 Å². The molecule has 1 aromatic carbocycles. The van der Waals surface area contributed by atoms with Gasteiger partial charge in [-0.05, 0) is 66.9 Å². The Labute approximate surface area is 123 Å². The minimum absolute atomic E-state index is 0.237. The molecule has 1 saturated carbocycles. The molecule has 0 spiro atoms. The molecule has 1 N–H and O–H groups in total. The van der Waals surface area contributed by atoms with Crippen molar-refractivity contribution >= 4 is 0 Å². The van der Waals surface area contributed by atoms with Crippen molar-refractivity contribution in [2.75, 3.05) is 0 Å². The van der Waals surface area contributed by atoms with Crippen molar-refractivity contribution in [2.24, 2.45) is 23.7 Å². The van der Waals surface area contributed by atoms with E-state index in [0.29, 0.717) is 5.92 Å². The Morgan fingerprint density at radius 1 is 1.00 bits per heavy atom. The molecule has 1 fully saturated rings. The van der Waals surface area contributed by atoms with Crippen LogP contribution in [-0.2, 0) is 6.42 Å². The van der Waals surface area contributed by atoms with Crippen LogP contribution in [0.5, 0.6) is 0 Å². The van der Waals surface area contributed by atoms with Crippen LogP contribution in [0.25, 0.3) is 0 Å². The third-order valence-electron chi connectivity index (χ3n) is 6.01. The van der Waals surface area contributed by atoms with E-state index in [1.807, 2.05) is 0 Å². The van der Waals surface area contributed by atoms with Gasteiger partial charge in [0.25, 0.3) is 0 Å². The van der Waals surface area contributed by atoms with E-state index in [0.717, 1.165) is 24.2 Å². The lowest BCUT2D eigenvalue weighted by molar-refractivity contribution is 0.0365. The first-order valence-electron chi connectivity index (χ1n) is 8.42. The first-order valence-corrected chi connectivity index (χ1v) is 8.42. The molecular formula is C19H28O. The molecule has 3 rings (SSSR count). The maximum Gasteiger partial charge on any atom is 0.0823 e. The monoisotopic (exact) mass is 272 g/mol. The first-order chi connectivity index (χ1) is 9.66. The largest absolute Gasteiger partial charge is 0.388 e. The van der Waals surface area contributed by atoms with Gasteiger partial charge in [0.2, 0.25) is 0 Å². The van der Waals surface area contributed by atoms with Gasteiger partial charge in [-0.3, -0.25) is 0 Å². The van der Waals surface area contributed by atoms with E-state index >= 15 is 0 Å². The molecule has 1 aromatic rings. The molecule has 5 atom stereocenters. The van der Waals surface area contributed by atoms with Gasteiger partial charge in [-0.1, -0.05) is 44.5 Å². The van der Waals surface area contributed by atoms with Crippen LogP contribution in [0.2, 0.25) is 0 Å². The third-order valence-corrected chi connectivity index (χ3v) is 6.01. The SMILES string of the molecule is CC1CCC(C2CCCc3ccccc3C2O)CC1C. The molecule has 0 aliphatic heterocycles. The fourth-order valence-corrected chi connectivity index (χ4v) is 4.44. The van der Waals surface area contributed by atoms with Gasteiger partial charge in [-0.25, -0.2) is 0 Å². The number of aliphatic hydroxyl groups is 1. The molecule has 1 heteroatoms. The number of hydrogen-bond acceptors (Lipinski definition) is 1. The summed E-state index contributed by atoms with van der Waals surface area (Å²) in [6.07, 6.45) is 7.31. The van der Waals surface area contributed by atoms with Gasteiger partial charge in [-0.2, -0.15) is 0 Å². The summed E-state index contributed by atoms with van der Waals surface area (Å²) in [6.45, 7) is 4.79. The fraction of sp³-hybridized carbons (Fsp3) is 0.684. The smallest absolute Gasteiger partial charge is 0.0823 e. The number of benzene rings is 1. The molecule has 0 aromatic heterocycles. The van der Waals surface area contributed by atoms with Crippen LogP contribution >= 0.6 is 0 Å². The van der Waals surface area contributed by atoms with Crippen LogP contribution in [0.4, 0.5) is 0 Å². The second kappa shape index (κ2) is 5.89. The number of aliphatic hydroxyl groups excluding tert-OH is 1. The summed E-state index contributed by atoms with van der Waals surface area (Å²) >= 11 is 0. The van der Waals surface area contributed by atoms with Crippen LogP contribution in [-0.4, -0.2) is 5.11 Å². The molecule has 0 heterocycles. The second-order valence-corrected chi connectivity index (χ2v) is 7.23. The van der Waals surface area contributed by atoms with Crippen LogP contribution in [0, 0.1) is 23.7 Å². The summed E-state index contributed by atoms with van der Waals surface area (Å²) in [5.41, 5.74) is 2.58. The number of aryl methyl sites for hydroxylation is 1. The Hall–Kier alpha value is -0.820. The second-order valence-electron chi connectivity index (χ2n) is 7.23. The Morgan fingerprint density at radius 2 is 1.80 bits per heavy atom. The Bertz CT molecular complexity index is 453. The average Bonchev–Trinajstić information content (AvgIpc) is 2.62. The lowest BCUT2D eigenvalue weighted by Gasteiger charge is -2.38. The summed E-state index contributed by atoms with van der Waals surface area (Å²) in [4.78, 5) is 0. The predicted octanol–water partition coefficient (Wildman–Crippen LogP) is 4.74. The van der Waals surface area contributed by atoms with E-state index in [1.165, 1.54) is 43.2 Å². The summed E-state index contributed by atoms with van der Waals surface area (Å²) in [7, 11) is 0. The predicted molar refractivity (Wildman–Crippen MR) is 83.5 cm³/mol. The minimum atomic E-state index is -0.237. The lowest BCUT2D eigenvalue weighted by atomic mass is 9.68. The van der Waals surface area contributed by atoms with E-state index in [4.69, 9.17) is 0 Å². The van der Waals surface area contributed by atoms with Crippen LogP contribution < -0.4 is 0 Å². The summed E-state index contributed by atoms with van der Waals surface area (Å²) in [5.74, 6) is 2.89. The van der Waals surface area contributed by atoms with Gasteiger partial charge in [0, 0.05) is 0 Å². The van der Waals surface area contributed by atoms with Crippen LogP contribution in [0.15, 0.2) is 24.3 Å². The highest BCUT2D eigenvalue weighted by Gasteiger charge is 2.35. The van der Waals surface area contributed by atoms with Gasteiger partial charge >= 0.3 is 0 Å². The Balaban J connectivity index is 1.80. The zero-order valence-corrected chi connectivity index (χ0v) is 12.9. The molecule has 2 aliphatic rings. The van der Waals surface area contributed by atoms with Crippen molar-refractivity contribution in [3.63, 3.8) is 0 Å². The van der Waals surface area contributed by atoms with Crippen molar-refractivity contribution in [3.05, 3.63) is 35.4 Å².